The largest absolute Gasteiger partial charge is 0.394 e. The lowest BCUT2D eigenvalue weighted by molar-refractivity contribution is 0.268. The zero-order valence-corrected chi connectivity index (χ0v) is 10.4. The van der Waals surface area contributed by atoms with Gasteiger partial charge in [0.1, 0.15) is 5.82 Å². The standard InChI is InChI=1S/C13H18N4O/c1-2-5-9(8-18)15-12-10-6-3-4-7-11(10)16-13(14)17-12/h3-4,6-7,9,18H,2,5,8H2,1H3,(H3,14,15,16,17)/t9-/m1/s1. The van der Waals surface area contributed by atoms with Crippen LogP contribution in [0.3, 0.4) is 0 Å². The Labute approximate surface area is 106 Å². The van der Waals surface area contributed by atoms with Gasteiger partial charge in [0.15, 0.2) is 0 Å². The van der Waals surface area contributed by atoms with Gasteiger partial charge >= 0.3 is 0 Å². The molecule has 0 amide bonds. The molecular formula is C13H18N4O. The molecule has 1 aromatic carbocycles. The molecule has 0 aliphatic carbocycles. The number of hydrogen-bond acceptors (Lipinski definition) is 5. The number of nitrogens with two attached hydrogens (primary N) is 1. The van der Waals surface area contributed by atoms with E-state index < -0.39 is 0 Å². The summed E-state index contributed by atoms with van der Waals surface area (Å²) in [4.78, 5) is 8.40. The molecule has 0 unspecified atom stereocenters. The van der Waals surface area contributed by atoms with Crippen LogP contribution in [0.4, 0.5) is 11.8 Å². The Balaban J connectivity index is 2.37. The smallest absolute Gasteiger partial charge is 0.222 e. The van der Waals surface area contributed by atoms with Crippen molar-refractivity contribution in [3.8, 4) is 0 Å². The number of aliphatic hydroxyl groups is 1. The predicted molar refractivity (Wildman–Crippen MR) is 73.4 cm³/mol. The number of rotatable bonds is 5. The van der Waals surface area contributed by atoms with E-state index in [2.05, 4.69) is 22.2 Å². The van der Waals surface area contributed by atoms with Gasteiger partial charge in [-0.15, -0.1) is 0 Å². The monoisotopic (exact) mass is 246 g/mol. The third-order valence-corrected chi connectivity index (χ3v) is 2.82. The molecule has 1 heterocycles. The quantitative estimate of drug-likeness (QED) is 0.749. The fourth-order valence-corrected chi connectivity index (χ4v) is 1.96. The van der Waals surface area contributed by atoms with Crippen molar-refractivity contribution in [3.05, 3.63) is 24.3 Å². The van der Waals surface area contributed by atoms with Gasteiger partial charge in [-0.25, -0.2) is 4.98 Å². The van der Waals surface area contributed by atoms with Crippen LogP contribution >= 0.6 is 0 Å². The van der Waals surface area contributed by atoms with Crippen LogP contribution < -0.4 is 11.1 Å². The van der Waals surface area contributed by atoms with Crippen LogP contribution in [0.2, 0.25) is 0 Å². The van der Waals surface area contributed by atoms with Crippen molar-refractivity contribution >= 4 is 22.7 Å². The number of hydrogen-bond donors (Lipinski definition) is 3. The number of para-hydroxylation sites is 1. The van der Waals surface area contributed by atoms with Crippen LogP contribution in [0.15, 0.2) is 24.3 Å². The number of aliphatic hydroxyl groups excluding tert-OH is 1. The summed E-state index contributed by atoms with van der Waals surface area (Å²) >= 11 is 0. The fraction of sp³-hybridized carbons (Fsp3) is 0.385. The Morgan fingerprint density at radius 2 is 2.11 bits per heavy atom. The van der Waals surface area contributed by atoms with Gasteiger partial charge in [0.2, 0.25) is 5.95 Å². The number of anilines is 2. The summed E-state index contributed by atoms with van der Waals surface area (Å²) in [5, 5.41) is 13.5. The molecule has 0 aliphatic heterocycles. The van der Waals surface area contributed by atoms with Gasteiger partial charge < -0.3 is 16.2 Å². The lowest BCUT2D eigenvalue weighted by atomic mass is 10.1. The van der Waals surface area contributed by atoms with E-state index in [0.29, 0.717) is 5.82 Å². The molecule has 2 rings (SSSR count). The van der Waals surface area contributed by atoms with E-state index in [9.17, 15) is 5.11 Å². The van der Waals surface area contributed by atoms with E-state index in [0.717, 1.165) is 23.7 Å². The van der Waals surface area contributed by atoms with Crippen LogP contribution in [0.25, 0.3) is 10.9 Å². The third-order valence-electron chi connectivity index (χ3n) is 2.82. The summed E-state index contributed by atoms with van der Waals surface area (Å²) in [5.74, 6) is 0.926. The average Bonchev–Trinajstić information content (AvgIpc) is 2.38. The van der Waals surface area contributed by atoms with E-state index in [4.69, 9.17) is 5.73 Å². The molecule has 5 nitrogen and oxygen atoms in total. The Morgan fingerprint density at radius 3 is 2.83 bits per heavy atom. The van der Waals surface area contributed by atoms with Gasteiger partial charge in [-0.1, -0.05) is 25.5 Å². The van der Waals surface area contributed by atoms with Crippen molar-refractivity contribution in [1.82, 2.24) is 9.97 Å². The van der Waals surface area contributed by atoms with Gasteiger partial charge in [0.25, 0.3) is 0 Å². The number of nitrogens with zero attached hydrogens (tertiary/aromatic N) is 2. The Morgan fingerprint density at radius 1 is 1.33 bits per heavy atom. The number of nitrogens with one attached hydrogen (secondary N) is 1. The summed E-state index contributed by atoms with van der Waals surface area (Å²) in [5.41, 5.74) is 6.50. The van der Waals surface area contributed by atoms with Crippen molar-refractivity contribution < 1.29 is 5.11 Å². The first kappa shape index (κ1) is 12.6. The molecule has 0 fully saturated rings. The first-order chi connectivity index (χ1) is 8.74. The fourth-order valence-electron chi connectivity index (χ4n) is 1.96. The molecule has 1 aromatic heterocycles. The minimum atomic E-state index is -0.00675. The van der Waals surface area contributed by atoms with Crippen molar-refractivity contribution in [3.63, 3.8) is 0 Å². The average molecular weight is 246 g/mol. The highest BCUT2D eigenvalue weighted by molar-refractivity contribution is 5.89. The molecule has 18 heavy (non-hydrogen) atoms. The molecule has 0 saturated heterocycles. The Hall–Kier alpha value is -1.88. The van der Waals surface area contributed by atoms with Gasteiger partial charge in [-0.2, -0.15) is 4.98 Å². The van der Waals surface area contributed by atoms with E-state index in [1.54, 1.807) is 0 Å². The molecule has 5 heteroatoms. The van der Waals surface area contributed by atoms with E-state index in [-0.39, 0.29) is 18.6 Å². The van der Waals surface area contributed by atoms with Crippen molar-refractivity contribution in [1.29, 1.82) is 0 Å². The molecule has 4 N–H and O–H groups in total. The van der Waals surface area contributed by atoms with E-state index >= 15 is 0 Å². The molecule has 0 aliphatic rings. The van der Waals surface area contributed by atoms with Crippen LogP contribution in [0, 0.1) is 0 Å². The zero-order chi connectivity index (χ0) is 13.0. The molecule has 1 atom stereocenters. The number of aromatic nitrogens is 2. The summed E-state index contributed by atoms with van der Waals surface area (Å²) < 4.78 is 0. The SMILES string of the molecule is CCC[C@H](CO)Nc1nc(N)nc2ccccc12. The molecule has 0 bridgehead atoms. The molecule has 0 spiro atoms. The minimum absolute atomic E-state index is 0.00675. The summed E-state index contributed by atoms with van der Waals surface area (Å²) in [7, 11) is 0. The highest BCUT2D eigenvalue weighted by Crippen LogP contribution is 2.21. The van der Waals surface area contributed by atoms with Crippen LogP contribution in [-0.4, -0.2) is 27.7 Å². The van der Waals surface area contributed by atoms with E-state index in [1.807, 2.05) is 24.3 Å². The Bertz CT molecular complexity index is 529. The second-order valence-electron chi connectivity index (χ2n) is 4.26. The maximum atomic E-state index is 9.32. The van der Waals surface area contributed by atoms with Crippen LogP contribution in [0.5, 0.6) is 0 Å². The number of fused-ring (bicyclic) bond motifs is 1. The third kappa shape index (κ3) is 2.68. The maximum absolute atomic E-state index is 9.32. The van der Waals surface area contributed by atoms with Crippen molar-refractivity contribution in [2.24, 2.45) is 0 Å². The van der Waals surface area contributed by atoms with Gasteiger partial charge in [0.05, 0.1) is 18.2 Å². The summed E-state index contributed by atoms with van der Waals surface area (Å²) in [6.07, 6.45) is 1.88. The van der Waals surface area contributed by atoms with Crippen molar-refractivity contribution in [2.75, 3.05) is 17.7 Å². The van der Waals surface area contributed by atoms with Crippen LogP contribution in [0.1, 0.15) is 19.8 Å². The molecule has 0 saturated carbocycles. The summed E-state index contributed by atoms with van der Waals surface area (Å²) in [6, 6.07) is 7.67. The normalized spacial score (nSPS) is 12.6. The molecule has 2 aromatic rings. The Kier molecular flexibility index (Phi) is 3.94. The van der Waals surface area contributed by atoms with Crippen molar-refractivity contribution in [2.45, 2.75) is 25.8 Å². The van der Waals surface area contributed by atoms with Gasteiger partial charge in [-0.05, 0) is 18.6 Å². The second kappa shape index (κ2) is 5.64. The predicted octanol–water partition coefficient (Wildman–Crippen LogP) is 1.78. The minimum Gasteiger partial charge on any atom is -0.394 e. The first-order valence-electron chi connectivity index (χ1n) is 6.14. The molecule has 96 valence electrons. The molecule has 0 radical (unpaired) electrons. The lowest BCUT2D eigenvalue weighted by Gasteiger charge is -2.17. The molecular weight excluding hydrogens is 228 g/mol. The maximum Gasteiger partial charge on any atom is 0.222 e. The first-order valence-corrected chi connectivity index (χ1v) is 6.14. The summed E-state index contributed by atoms with van der Waals surface area (Å²) in [6.45, 7) is 2.16. The van der Waals surface area contributed by atoms with Gasteiger partial charge in [-0.3, -0.25) is 0 Å². The lowest BCUT2D eigenvalue weighted by Crippen LogP contribution is -2.24. The van der Waals surface area contributed by atoms with Crippen LogP contribution in [-0.2, 0) is 0 Å². The zero-order valence-electron chi connectivity index (χ0n) is 10.4. The number of nitrogen functional groups attached to an aromatic ring is 1. The van der Waals surface area contributed by atoms with E-state index in [1.165, 1.54) is 0 Å². The topological polar surface area (TPSA) is 84.1 Å². The second-order valence-corrected chi connectivity index (χ2v) is 4.26. The highest BCUT2D eigenvalue weighted by atomic mass is 16.3. The van der Waals surface area contributed by atoms with Gasteiger partial charge in [0, 0.05) is 5.39 Å². The number of benzene rings is 1. The highest BCUT2D eigenvalue weighted by Gasteiger charge is 2.10.